The molecule has 0 amide bonds. The van der Waals surface area contributed by atoms with Crippen LogP contribution in [-0.2, 0) is 11.6 Å². The summed E-state index contributed by atoms with van der Waals surface area (Å²) >= 11 is 0. The van der Waals surface area contributed by atoms with E-state index in [0.29, 0.717) is 24.0 Å². The van der Waals surface area contributed by atoms with Crippen molar-refractivity contribution in [1.82, 2.24) is 9.78 Å². The fourth-order valence-electron chi connectivity index (χ4n) is 5.95. The van der Waals surface area contributed by atoms with Crippen molar-refractivity contribution in [3.05, 3.63) is 107 Å². The molecule has 2 unspecified atom stereocenters. The smallest absolute Gasteiger partial charge is 0.363 e. The van der Waals surface area contributed by atoms with Crippen LogP contribution < -0.4 is 5.32 Å². The number of anilines is 1. The van der Waals surface area contributed by atoms with Crippen LogP contribution in [0.5, 0.6) is 0 Å². The van der Waals surface area contributed by atoms with Gasteiger partial charge in [0.25, 0.3) is 0 Å². The third kappa shape index (κ3) is 6.05. The summed E-state index contributed by atoms with van der Waals surface area (Å²) in [5.74, 6) is -0.259. The molecule has 2 heterocycles. The van der Waals surface area contributed by atoms with Crippen LogP contribution in [-0.4, -0.2) is 21.7 Å². The van der Waals surface area contributed by atoms with E-state index in [2.05, 4.69) is 10.4 Å². The highest BCUT2D eigenvalue weighted by Gasteiger charge is 2.47. The molecule has 4 aromatic rings. The van der Waals surface area contributed by atoms with Crippen LogP contribution in [0.3, 0.4) is 0 Å². The van der Waals surface area contributed by atoms with E-state index in [1.165, 1.54) is 18.3 Å². The molecule has 0 fully saturated rings. The van der Waals surface area contributed by atoms with E-state index in [9.17, 15) is 31.1 Å². The second kappa shape index (κ2) is 11.5. The molecule has 0 saturated heterocycles. The Morgan fingerprint density at radius 2 is 1.40 bits per heavy atom. The summed E-state index contributed by atoms with van der Waals surface area (Å²) in [6.45, 7) is 3.91. The summed E-state index contributed by atoms with van der Waals surface area (Å²) < 4.78 is 82.1. The Morgan fingerprint density at radius 3 is 1.91 bits per heavy atom. The number of carbonyl (C=O) groups excluding carboxylic acids is 1. The maximum Gasteiger partial charge on any atom is 0.416 e. The maximum absolute atomic E-state index is 14.1. The lowest BCUT2D eigenvalue weighted by molar-refractivity contribution is -0.173. The van der Waals surface area contributed by atoms with Crippen molar-refractivity contribution in [2.45, 2.75) is 69.4 Å². The molecule has 3 aromatic carbocycles. The van der Waals surface area contributed by atoms with Gasteiger partial charge in [0, 0.05) is 18.3 Å². The van der Waals surface area contributed by atoms with Gasteiger partial charge in [-0.3, -0.25) is 4.79 Å². The van der Waals surface area contributed by atoms with Crippen molar-refractivity contribution in [3.63, 3.8) is 0 Å². The van der Waals surface area contributed by atoms with E-state index in [-0.39, 0.29) is 30.0 Å². The van der Waals surface area contributed by atoms with Crippen molar-refractivity contribution in [1.29, 1.82) is 0 Å². The van der Waals surface area contributed by atoms with Crippen molar-refractivity contribution in [2.75, 3.05) is 5.32 Å². The van der Waals surface area contributed by atoms with Crippen molar-refractivity contribution in [3.8, 4) is 11.1 Å². The monoisotopic (exact) mass is 599 g/mol. The number of carbonyl (C=O) groups is 1. The standard InChI is InChI=1S/C33H31F6N3O/c1-3-31(4-2,24-14-10-21(11-15-24)22-12-16-25(17-13-22)32(34,35)36)19-28(43)26-20-40-42-29(33(37,38)39)18-27(41-30(26)42)23-8-6-5-7-9-23/h5-17,20,27,29,41H,3-4,18-19H2,1-2H3. The van der Waals surface area contributed by atoms with Gasteiger partial charge in [0.05, 0.1) is 23.4 Å². The molecule has 10 heteroatoms. The third-order valence-electron chi connectivity index (χ3n) is 8.64. The number of rotatable bonds is 8. The molecule has 1 aliphatic rings. The predicted molar refractivity (Wildman–Crippen MR) is 153 cm³/mol. The molecule has 0 saturated carbocycles. The largest absolute Gasteiger partial charge is 0.416 e. The second-order valence-corrected chi connectivity index (χ2v) is 11.0. The average molecular weight is 600 g/mol. The van der Waals surface area contributed by atoms with Crippen LogP contribution in [0.4, 0.5) is 32.2 Å². The highest BCUT2D eigenvalue weighted by molar-refractivity contribution is 6.01. The molecule has 0 bridgehead atoms. The first kappa shape index (κ1) is 30.4. The van der Waals surface area contributed by atoms with Crippen LogP contribution in [0.15, 0.2) is 85.1 Å². The Hall–Kier alpha value is -4.08. The number of halogens is 6. The topological polar surface area (TPSA) is 46.9 Å². The number of hydrogen-bond donors (Lipinski definition) is 1. The number of aromatic nitrogens is 2. The number of nitrogens with one attached hydrogen (secondary N) is 1. The molecule has 1 aromatic heterocycles. The summed E-state index contributed by atoms with van der Waals surface area (Å²) in [6, 6.07) is 18.6. The first-order valence-electron chi connectivity index (χ1n) is 14.1. The van der Waals surface area contributed by atoms with E-state index in [1.54, 1.807) is 30.3 Å². The highest BCUT2D eigenvalue weighted by Crippen LogP contribution is 2.45. The second-order valence-electron chi connectivity index (χ2n) is 11.0. The molecule has 0 spiro atoms. The molecule has 0 radical (unpaired) electrons. The van der Waals surface area contributed by atoms with Crippen LogP contribution in [0.1, 0.15) is 78.7 Å². The summed E-state index contributed by atoms with van der Waals surface area (Å²) in [5.41, 5.74) is 1.68. The fraction of sp³-hybridized carbons (Fsp3) is 0.333. The lowest BCUT2D eigenvalue weighted by atomic mass is 9.71. The van der Waals surface area contributed by atoms with Gasteiger partial charge in [-0.2, -0.15) is 31.4 Å². The van der Waals surface area contributed by atoms with Crippen LogP contribution in [0.2, 0.25) is 0 Å². The minimum absolute atomic E-state index is 0.0483. The zero-order valence-electron chi connectivity index (χ0n) is 23.6. The lowest BCUT2D eigenvalue weighted by Gasteiger charge is -2.35. The number of alkyl halides is 6. The van der Waals surface area contributed by atoms with E-state index < -0.39 is 35.4 Å². The lowest BCUT2D eigenvalue weighted by Crippen LogP contribution is -2.36. The molecule has 226 valence electrons. The van der Waals surface area contributed by atoms with Gasteiger partial charge in [0.1, 0.15) is 5.82 Å². The number of hydrogen-bond acceptors (Lipinski definition) is 3. The molecule has 4 nitrogen and oxygen atoms in total. The Kier molecular flexibility index (Phi) is 8.15. The number of ketones is 1. The van der Waals surface area contributed by atoms with Gasteiger partial charge in [-0.25, -0.2) is 4.68 Å². The van der Waals surface area contributed by atoms with Gasteiger partial charge in [-0.15, -0.1) is 0 Å². The Balaban J connectivity index is 1.42. The molecule has 5 rings (SSSR count). The number of Topliss-reactive ketones (excluding diaryl/α,β-unsaturated/α-hetero) is 1. The zero-order chi connectivity index (χ0) is 31.0. The summed E-state index contributed by atoms with van der Waals surface area (Å²) in [6.07, 6.45) is -6.78. The van der Waals surface area contributed by atoms with Crippen LogP contribution >= 0.6 is 0 Å². The number of benzene rings is 3. The average Bonchev–Trinajstić information content (AvgIpc) is 3.43. The maximum atomic E-state index is 14.1. The van der Waals surface area contributed by atoms with E-state index in [4.69, 9.17) is 0 Å². The van der Waals surface area contributed by atoms with E-state index in [0.717, 1.165) is 27.9 Å². The molecule has 1 N–H and O–H groups in total. The fourth-order valence-corrected chi connectivity index (χ4v) is 5.95. The summed E-state index contributed by atoms with van der Waals surface area (Å²) in [4.78, 5) is 13.8. The van der Waals surface area contributed by atoms with Gasteiger partial charge < -0.3 is 5.32 Å². The predicted octanol–water partition coefficient (Wildman–Crippen LogP) is 9.56. The molecular formula is C33H31F6N3O. The van der Waals surface area contributed by atoms with Gasteiger partial charge in [0.2, 0.25) is 0 Å². The Bertz CT molecular complexity index is 1550. The van der Waals surface area contributed by atoms with Gasteiger partial charge in [0.15, 0.2) is 11.8 Å². The molecule has 43 heavy (non-hydrogen) atoms. The van der Waals surface area contributed by atoms with E-state index >= 15 is 0 Å². The number of fused-ring (bicyclic) bond motifs is 1. The van der Waals surface area contributed by atoms with Gasteiger partial charge >= 0.3 is 12.4 Å². The summed E-state index contributed by atoms with van der Waals surface area (Å²) in [5, 5.41) is 7.17. The molecule has 2 atom stereocenters. The molecule has 1 aliphatic heterocycles. The Morgan fingerprint density at radius 1 is 0.837 bits per heavy atom. The molecular weight excluding hydrogens is 568 g/mol. The minimum atomic E-state index is -4.55. The minimum Gasteiger partial charge on any atom is -0.363 e. The summed E-state index contributed by atoms with van der Waals surface area (Å²) in [7, 11) is 0. The van der Waals surface area contributed by atoms with E-state index in [1.807, 2.05) is 38.1 Å². The van der Waals surface area contributed by atoms with Crippen molar-refractivity contribution < 1.29 is 31.1 Å². The van der Waals surface area contributed by atoms with Crippen LogP contribution in [0, 0.1) is 0 Å². The van der Waals surface area contributed by atoms with Gasteiger partial charge in [-0.05, 0) is 47.2 Å². The van der Waals surface area contributed by atoms with Gasteiger partial charge in [-0.1, -0.05) is 80.6 Å². The first-order valence-corrected chi connectivity index (χ1v) is 14.1. The van der Waals surface area contributed by atoms with Crippen molar-refractivity contribution in [2.24, 2.45) is 0 Å². The number of nitrogens with zero attached hydrogens (tertiary/aromatic N) is 2. The van der Waals surface area contributed by atoms with Crippen molar-refractivity contribution >= 4 is 11.6 Å². The Labute approximate surface area is 245 Å². The SMILES string of the molecule is CCC(CC)(CC(=O)c1cnn2c1NC(c1ccccc1)CC2C(F)(F)F)c1ccc(-c2ccc(C(F)(F)F)cc2)cc1. The van der Waals surface area contributed by atoms with Crippen LogP contribution in [0.25, 0.3) is 11.1 Å². The third-order valence-corrected chi connectivity index (χ3v) is 8.64. The quantitative estimate of drug-likeness (QED) is 0.162. The zero-order valence-corrected chi connectivity index (χ0v) is 23.6. The highest BCUT2D eigenvalue weighted by atomic mass is 19.4. The molecule has 0 aliphatic carbocycles. The normalized spacial score (nSPS) is 17.3. The first-order chi connectivity index (χ1) is 20.4.